The number of carbonyl (C=O) groups excluding carboxylic acids is 2. The summed E-state index contributed by atoms with van der Waals surface area (Å²) in [6, 6.07) is 25.8. The molecule has 4 aromatic rings. The maximum atomic E-state index is 14.5. The Morgan fingerprint density at radius 1 is 0.717 bits per heavy atom. The number of piperazine rings is 1. The number of amides is 2. The highest BCUT2D eigenvalue weighted by Gasteiger charge is 2.35. The summed E-state index contributed by atoms with van der Waals surface area (Å²) in [5.41, 5.74) is 2.05. The lowest BCUT2D eigenvalue weighted by molar-refractivity contribution is -0.144. The van der Waals surface area contributed by atoms with Crippen molar-refractivity contribution in [1.82, 2.24) is 9.80 Å². The predicted molar refractivity (Wildman–Crippen MR) is 195 cm³/mol. The molecule has 1 aliphatic rings. The molecule has 2 amide bonds. The number of alkyl halides is 6. The van der Waals surface area contributed by atoms with E-state index in [1.165, 1.54) is 35.3 Å². The minimum absolute atomic E-state index is 0.0961. The van der Waals surface area contributed by atoms with Gasteiger partial charge in [-0.15, -0.1) is 0 Å². The van der Waals surface area contributed by atoms with Crippen LogP contribution in [0.25, 0.3) is 6.08 Å². The first-order valence-electron chi connectivity index (χ1n) is 17.8. The number of unbranched alkanes of at least 4 members (excludes halogenated alkanes) is 2. The van der Waals surface area contributed by atoms with Crippen LogP contribution in [0, 0.1) is 0 Å². The Balaban J connectivity index is 1.42. The van der Waals surface area contributed by atoms with Gasteiger partial charge >= 0.3 is 12.4 Å². The first-order valence-corrected chi connectivity index (χ1v) is 17.8. The number of aryl methyl sites for hydroxylation is 1. The molecule has 0 aromatic heterocycles. The molecule has 5 rings (SSSR count). The fourth-order valence-corrected chi connectivity index (χ4v) is 6.42. The van der Waals surface area contributed by atoms with E-state index in [1.807, 2.05) is 59.5 Å². The zero-order chi connectivity index (χ0) is 38.0. The van der Waals surface area contributed by atoms with Crippen LogP contribution in [0.3, 0.4) is 0 Å². The second-order valence-electron chi connectivity index (χ2n) is 13.3. The largest absolute Gasteiger partial charge is 0.416 e. The molecule has 11 heteroatoms. The lowest BCUT2D eigenvalue weighted by Crippen LogP contribution is -2.56. The molecule has 1 saturated heterocycles. The quantitative estimate of drug-likeness (QED) is 0.0781. The summed E-state index contributed by atoms with van der Waals surface area (Å²) in [6.45, 7) is 3.30. The molecule has 53 heavy (non-hydrogen) atoms. The maximum absolute atomic E-state index is 14.5. The van der Waals surface area contributed by atoms with Crippen molar-refractivity contribution in [2.24, 2.45) is 0 Å². The fraction of sp³-hybridized carbons (Fsp3) is 0.333. The third-order valence-electron chi connectivity index (χ3n) is 9.45. The summed E-state index contributed by atoms with van der Waals surface area (Å²) in [5, 5.41) is 0. The zero-order valence-electron chi connectivity index (χ0n) is 29.5. The van der Waals surface area contributed by atoms with Crippen molar-refractivity contribution in [1.29, 1.82) is 0 Å². The van der Waals surface area contributed by atoms with E-state index in [1.54, 1.807) is 11.0 Å². The monoisotopic (exact) mass is 735 g/mol. The molecule has 1 fully saturated rings. The molecular weight excluding hydrogens is 692 g/mol. The third kappa shape index (κ3) is 11.0. The average Bonchev–Trinajstić information content (AvgIpc) is 3.15. The molecule has 0 saturated carbocycles. The van der Waals surface area contributed by atoms with Crippen LogP contribution >= 0.6 is 0 Å². The van der Waals surface area contributed by atoms with Crippen LogP contribution in [0.2, 0.25) is 0 Å². The van der Waals surface area contributed by atoms with Crippen molar-refractivity contribution >= 4 is 23.6 Å². The molecule has 0 bridgehead atoms. The number of rotatable bonds is 13. The van der Waals surface area contributed by atoms with Gasteiger partial charge in [0.25, 0.3) is 0 Å². The van der Waals surface area contributed by atoms with Gasteiger partial charge < -0.3 is 14.7 Å². The Hall–Kier alpha value is -5.06. The number of hydrogen-bond acceptors (Lipinski definition) is 3. The predicted octanol–water partition coefficient (Wildman–Crippen LogP) is 9.46. The molecule has 1 heterocycles. The van der Waals surface area contributed by atoms with Crippen LogP contribution < -0.4 is 4.90 Å². The van der Waals surface area contributed by atoms with E-state index in [2.05, 4.69) is 6.92 Å². The summed E-state index contributed by atoms with van der Waals surface area (Å²) in [5.74, 6) is -0.793. The van der Waals surface area contributed by atoms with Crippen molar-refractivity contribution in [2.75, 3.05) is 31.1 Å². The van der Waals surface area contributed by atoms with Gasteiger partial charge in [0.2, 0.25) is 11.8 Å². The van der Waals surface area contributed by atoms with Gasteiger partial charge in [-0.05, 0) is 71.5 Å². The lowest BCUT2D eigenvalue weighted by atomic mass is 10.0. The van der Waals surface area contributed by atoms with Crippen LogP contribution in [-0.2, 0) is 41.3 Å². The van der Waals surface area contributed by atoms with Crippen LogP contribution in [-0.4, -0.2) is 53.8 Å². The van der Waals surface area contributed by atoms with Crippen LogP contribution in [0.1, 0.15) is 59.6 Å². The number of carbonyl (C=O) groups is 2. The molecule has 4 aromatic carbocycles. The van der Waals surface area contributed by atoms with Gasteiger partial charge in [0, 0.05) is 50.9 Å². The Kier molecular flexibility index (Phi) is 13.0. The van der Waals surface area contributed by atoms with Gasteiger partial charge in [-0.1, -0.05) is 92.6 Å². The van der Waals surface area contributed by atoms with Crippen LogP contribution in [0.4, 0.5) is 32.0 Å². The number of hydrogen-bond donors (Lipinski definition) is 0. The van der Waals surface area contributed by atoms with Crippen molar-refractivity contribution in [3.05, 3.63) is 143 Å². The Morgan fingerprint density at radius 3 is 1.98 bits per heavy atom. The zero-order valence-corrected chi connectivity index (χ0v) is 29.5. The second-order valence-corrected chi connectivity index (χ2v) is 13.3. The van der Waals surface area contributed by atoms with Gasteiger partial charge in [0.1, 0.15) is 6.04 Å². The summed E-state index contributed by atoms with van der Waals surface area (Å²) in [7, 11) is 0. The van der Waals surface area contributed by atoms with Gasteiger partial charge in [0.15, 0.2) is 0 Å². The SMILES string of the molecule is CCCCCc1ccc(CN(C(=O)/C=C/c2ccc(C(F)(F)F)cc2)[C@@H](Cc2ccccc2)C(=O)N2CCN(c3cccc(C(F)(F)F)c3)CC2)cc1. The molecule has 1 atom stereocenters. The minimum Gasteiger partial charge on any atom is -0.368 e. The van der Waals surface area contributed by atoms with E-state index in [9.17, 15) is 35.9 Å². The van der Waals surface area contributed by atoms with Crippen molar-refractivity contribution in [3.8, 4) is 0 Å². The van der Waals surface area contributed by atoms with Gasteiger partial charge in [0.05, 0.1) is 11.1 Å². The second kappa shape index (κ2) is 17.6. The van der Waals surface area contributed by atoms with E-state index in [0.717, 1.165) is 66.6 Å². The number of halogens is 6. The minimum atomic E-state index is -4.50. The van der Waals surface area contributed by atoms with E-state index in [0.29, 0.717) is 24.3 Å². The van der Waals surface area contributed by atoms with Crippen molar-refractivity contribution in [3.63, 3.8) is 0 Å². The molecule has 0 unspecified atom stereocenters. The highest BCUT2D eigenvalue weighted by Crippen LogP contribution is 2.32. The number of nitrogens with zero attached hydrogens (tertiary/aromatic N) is 3. The molecule has 280 valence electrons. The summed E-state index contributed by atoms with van der Waals surface area (Å²) in [6.07, 6.45) is -1.86. The summed E-state index contributed by atoms with van der Waals surface area (Å²) < 4.78 is 79.7. The normalized spacial score (nSPS) is 14.4. The molecule has 0 spiro atoms. The Bertz CT molecular complexity index is 1820. The molecular formula is C42H43F6N3O2. The highest BCUT2D eigenvalue weighted by molar-refractivity contribution is 5.96. The fourth-order valence-electron chi connectivity index (χ4n) is 6.42. The van der Waals surface area contributed by atoms with E-state index < -0.39 is 35.4 Å². The smallest absolute Gasteiger partial charge is 0.368 e. The maximum Gasteiger partial charge on any atom is 0.416 e. The van der Waals surface area contributed by atoms with E-state index >= 15 is 0 Å². The van der Waals surface area contributed by atoms with Gasteiger partial charge in [-0.2, -0.15) is 26.3 Å². The number of benzene rings is 4. The Morgan fingerprint density at radius 2 is 1.36 bits per heavy atom. The van der Waals surface area contributed by atoms with Crippen LogP contribution in [0.15, 0.2) is 109 Å². The molecule has 0 aliphatic carbocycles. The van der Waals surface area contributed by atoms with E-state index in [4.69, 9.17) is 0 Å². The van der Waals surface area contributed by atoms with Crippen molar-refractivity contribution in [2.45, 2.75) is 64.0 Å². The van der Waals surface area contributed by atoms with Crippen LogP contribution in [0.5, 0.6) is 0 Å². The summed E-state index contributed by atoms with van der Waals surface area (Å²) >= 11 is 0. The van der Waals surface area contributed by atoms with Gasteiger partial charge in [-0.3, -0.25) is 9.59 Å². The summed E-state index contributed by atoms with van der Waals surface area (Å²) in [4.78, 5) is 33.6. The number of anilines is 1. The average molecular weight is 736 g/mol. The first-order chi connectivity index (χ1) is 25.3. The van der Waals surface area contributed by atoms with E-state index in [-0.39, 0.29) is 32.0 Å². The van der Waals surface area contributed by atoms with Gasteiger partial charge in [-0.25, -0.2) is 0 Å². The standard InChI is InChI=1S/C42H43F6N3O2/c1-2-3-5-9-31-14-16-34(17-15-31)30-51(39(52)23-20-32-18-21-35(22-19-32)41(43,44)45)38(28-33-10-6-4-7-11-33)40(53)50-26-24-49(25-27-50)37-13-8-12-36(29-37)42(46,47)48/h4,6-8,10-23,29,38H,2-3,5,9,24-28,30H2,1H3/b23-20+/t38-/m0/s1. The molecule has 5 nitrogen and oxygen atoms in total. The molecule has 0 radical (unpaired) electrons. The Labute approximate surface area is 306 Å². The highest BCUT2D eigenvalue weighted by atomic mass is 19.4. The van der Waals surface area contributed by atoms with Crippen molar-refractivity contribution < 1.29 is 35.9 Å². The molecule has 0 N–H and O–H groups in total. The topological polar surface area (TPSA) is 43.9 Å². The lowest BCUT2D eigenvalue weighted by Gasteiger charge is -2.40. The third-order valence-corrected chi connectivity index (χ3v) is 9.45. The molecule has 1 aliphatic heterocycles. The first kappa shape index (κ1) is 39.2.